The summed E-state index contributed by atoms with van der Waals surface area (Å²) < 4.78 is 0. The third-order valence-electron chi connectivity index (χ3n) is 3.13. The molecule has 22 heavy (non-hydrogen) atoms. The SMILES string of the molecule is CN(Cc1ccccc1)C(=O)/C=C/C(=O)c1cccc(Cl)c1. The van der Waals surface area contributed by atoms with Gasteiger partial charge in [0.1, 0.15) is 0 Å². The quantitative estimate of drug-likeness (QED) is 0.623. The summed E-state index contributed by atoms with van der Waals surface area (Å²) in [6.07, 6.45) is 2.56. The number of amides is 1. The molecule has 2 aromatic carbocycles. The third kappa shape index (κ3) is 4.57. The lowest BCUT2D eigenvalue weighted by atomic mass is 10.1. The second-order valence-corrected chi connectivity index (χ2v) is 5.32. The molecule has 0 aromatic heterocycles. The fourth-order valence-electron chi connectivity index (χ4n) is 1.95. The molecule has 0 unspecified atom stereocenters. The zero-order chi connectivity index (χ0) is 15.9. The van der Waals surface area contributed by atoms with Gasteiger partial charge in [-0.05, 0) is 23.8 Å². The van der Waals surface area contributed by atoms with Gasteiger partial charge in [0, 0.05) is 30.3 Å². The molecule has 2 aromatic rings. The van der Waals surface area contributed by atoms with Gasteiger partial charge >= 0.3 is 0 Å². The highest BCUT2D eigenvalue weighted by Crippen LogP contribution is 2.11. The number of rotatable bonds is 5. The van der Waals surface area contributed by atoms with Crippen molar-refractivity contribution >= 4 is 23.3 Å². The second-order valence-electron chi connectivity index (χ2n) is 4.89. The average molecular weight is 314 g/mol. The Bertz CT molecular complexity index is 695. The molecule has 0 atom stereocenters. The van der Waals surface area contributed by atoms with Crippen molar-refractivity contribution in [1.82, 2.24) is 4.90 Å². The van der Waals surface area contributed by atoms with Crippen LogP contribution in [0.5, 0.6) is 0 Å². The van der Waals surface area contributed by atoms with Crippen LogP contribution in [-0.2, 0) is 11.3 Å². The Morgan fingerprint density at radius 3 is 2.45 bits per heavy atom. The number of nitrogens with zero attached hydrogens (tertiary/aromatic N) is 1. The maximum Gasteiger partial charge on any atom is 0.246 e. The van der Waals surface area contributed by atoms with Gasteiger partial charge < -0.3 is 4.90 Å². The standard InChI is InChI=1S/C18H16ClNO2/c1-20(13-14-6-3-2-4-7-14)18(22)11-10-17(21)15-8-5-9-16(19)12-15/h2-12H,13H2,1H3/b11-10+. The lowest BCUT2D eigenvalue weighted by Gasteiger charge is -2.14. The van der Waals surface area contributed by atoms with E-state index in [0.29, 0.717) is 17.1 Å². The van der Waals surface area contributed by atoms with Gasteiger partial charge in [-0.3, -0.25) is 9.59 Å². The molecule has 0 aliphatic carbocycles. The summed E-state index contributed by atoms with van der Waals surface area (Å²) in [4.78, 5) is 25.5. The molecule has 2 rings (SSSR count). The first-order valence-corrected chi connectivity index (χ1v) is 7.21. The monoisotopic (exact) mass is 313 g/mol. The zero-order valence-corrected chi connectivity index (χ0v) is 13.0. The number of likely N-dealkylation sites (N-methyl/N-ethyl adjacent to an activating group) is 1. The highest BCUT2D eigenvalue weighted by atomic mass is 35.5. The molecule has 0 aliphatic rings. The molecular weight excluding hydrogens is 298 g/mol. The molecular formula is C18H16ClNO2. The summed E-state index contributed by atoms with van der Waals surface area (Å²) in [5, 5.41) is 0.492. The normalized spacial score (nSPS) is 10.6. The topological polar surface area (TPSA) is 37.4 Å². The van der Waals surface area contributed by atoms with Crippen LogP contribution in [-0.4, -0.2) is 23.6 Å². The van der Waals surface area contributed by atoms with Crippen LogP contribution in [0.3, 0.4) is 0 Å². The number of carbonyl (C=O) groups excluding carboxylic acids is 2. The summed E-state index contributed by atoms with van der Waals surface area (Å²) >= 11 is 5.84. The van der Waals surface area contributed by atoms with Crippen molar-refractivity contribution in [3.05, 3.63) is 82.9 Å². The van der Waals surface area contributed by atoms with E-state index in [1.54, 1.807) is 36.2 Å². The van der Waals surface area contributed by atoms with Gasteiger partial charge in [0.05, 0.1) is 0 Å². The largest absolute Gasteiger partial charge is 0.338 e. The van der Waals surface area contributed by atoms with Crippen LogP contribution in [0.25, 0.3) is 0 Å². The Hall–Kier alpha value is -2.39. The van der Waals surface area contributed by atoms with Crippen molar-refractivity contribution < 1.29 is 9.59 Å². The van der Waals surface area contributed by atoms with E-state index in [9.17, 15) is 9.59 Å². The molecule has 0 radical (unpaired) electrons. The summed E-state index contributed by atoms with van der Waals surface area (Å²) in [6, 6.07) is 16.3. The smallest absolute Gasteiger partial charge is 0.246 e. The molecule has 3 nitrogen and oxygen atoms in total. The van der Waals surface area contributed by atoms with E-state index in [2.05, 4.69) is 0 Å². The Labute approximate surface area is 134 Å². The minimum absolute atomic E-state index is 0.223. The molecule has 0 spiro atoms. The molecule has 0 N–H and O–H groups in total. The molecule has 4 heteroatoms. The Morgan fingerprint density at radius 2 is 1.77 bits per heavy atom. The maximum absolute atomic E-state index is 12.0. The van der Waals surface area contributed by atoms with E-state index in [-0.39, 0.29) is 11.7 Å². The number of halogens is 1. The summed E-state index contributed by atoms with van der Waals surface area (Å²) in [5.41, 5.74) is 1.50. The van der Waals surface area contributed by atoms with E-state index in [0.717, 1.165) is 5.56 Å². The van der Waals surface area contributed by atoms with Crippen LogP contribution in [0.15, 0.2) is 66.7 Å². The molecule has 0 heterocycles. The Balaban J connectivity index is 1.97. The fraction of sp³-hybridized carbons (Fsp3) is 0.111. The van der Waals surface area contributed by atoms with Crippen LogP contribution in [0.2, 0.25) is 5.02 Å². The molecule has 0 saturated heterocycles. The first-order valence-electron chi connectivity index (χ1n) is 6.83. The van der Waals surface area contributed by atoms with Gasteiger partial charge in [-0.15, -0.1) is 0 Å². The number of ketones is 1. The number of carbonyl (C=O) groups is 2. The minimum atomic E-state index is -0.246. The van der Waals surface area contributed by atoms with E-state index in [4.69, 9.17) is 11.6 Å². The van der Waals surface area contributed by atoms with E-state index < -0.39 is 0 Å². The number of allylic oxidation sites excluding steroid dienone is 1. The lowest BCUT2D eigenvalue weighted by Crippen LogP contribution is -2.24. The van der Waals surface area contributed by atoms with Crippen LogP contribution in [0.1, 0.15) is 15.9 Å². The van der Waals surface area contributed by atoms with Crippen molar-refractivity contribution in [2.45, 2.75) is 6.54 Å². The van der Waals surface area contributed by atoms with E-state index in [1.807, 2.05) is 30.3 Å². The molecule has 112 valence electrons. The first-order chi connectivity index (χ1) is 10.6. The van der Waals surface area contributed by atoms with Gasteiger partial charge in [0.15, 0.2) is 5.78 Å². The average Bonchev–Trinajstić information content (AvgIpc) is 2.53. The van der Waals surface area contributed by atoms with Gasteiger partial charge in [-0.2, -0.15) is 0 Å². The van der Waals surface area contributed by atoms with E-state index >= 15 is 0 Å². The molecule has 0 fully saturated rings. The van der Waals surface area contributed by atoms with Crippen LogP contribution >= 0.6 is 11.6 Å². The number of hydrogen-bond acceptors (Lipinski definition) is 2. The van der Waals surface area contributed by atoms with Crippen LogP contribution < -0.4 is 0 Å². The predicted molar refractivity (Wildman–Crippen MR) is 87.8 cm³/mol. The van der Waals surface area contributed by atoms with Crippen molar-refractivity contribution in [3.8, 4) is 0 Å². The van der Waals surface area contributed by atoms with Gasteiger partial charge in [0.25, 0.3) is 0 Å². The predicted octanol–water partition coefficient (Wildman–Crippen LogP) is 3.74. The van der Waals surface area contributed by atoms with Crippen molar-refractivity contribution in [2.24, 2.45) is 0 Å². The summed E-state index contributed by atoms with van der Waals surface area (Å²) in [6.45, 7) is 0.495. The highest BCUT2D eigenvalue weighted by molar-refractivity contribution is 6.31. The van der Waals surface area contributed by atoms with Crippen molar-refractivity contribution in [1.29, 1.82) is 0 Å². The molecule has 0 saturated carbocycles. The Kier molecular flexibility index (Phi) is 5.50. The molecule has 0 aliphatic heterocycles. The van der Waals surface area contributed by atoms with Crippen molar-refractivity contribution in [2.75, 3.05) is 7.05 Å². The minimum Gasteiger partial charge on any atom is -0.338 e. The lowest BCUT2D eigenvalue weighted by molar-refractivity contribution is -0.125. The first kappa shape index (κ1) is 16.0. The third-order valence-corrected chi connectivity index (χ3v) is 3.36. The van der Waals surface area contributed by atoms with Crippen LogP contribution in [0.4, 0.5) is 0 Å². The van der Waals surface area contributed by atoms with Gasteiger partial charge in [-0.1, -0.05) is 54.1 Å². The van der Waals surface area contributed by atoms with Crippen LogP contribution in [0, 0.1) is 0 Å². The van der Waals surface area contributed by atoms with E-state index in [1.165, 1.54) is 12.2 Å². The summed E-state index contributed by atoms with van der Waals surface area (Å²) in [7, 11) is 1.70. The number of benzene rings is 2. The summed E-state index contributed by atoms with van der Waals surface area (Å²) in [5.74, 6) is -0.469. The van der Waals surface area contributed by atoms with Gasteiger partial charge in [-0.25, -0.2) is 0 Å². The molecule has 0 bridgehead atoms. The maximum atomic E-state index is 12.0. The number of hydrogen-bond donors (Lipinski definition) is 0. The zero-order valence-electron chi connectivity index (χ0n) is 12.2. The second kappa shape index (κ2) is 7.57. The van der Waals surface area contributed by atoms with Crippen molar-refractivity contribution in [3.63, 3.8) is 0 Å². The highest BCUT2D eigenvalue weighted by Gasteiger charge is 2.07. The Morgan fingerprint density at radius 1 is 1.05 bits per heavy atom. The fourth-order valence-corrected chi connectivity index (χ4v) is 2.14. The van der Waals surface area contributed by atoms with Gasteiger partial charge in [0.2, 0.25) is 5.91 Å². The molecule has 1 amide bonds.